The molecule has 0 spiro atoms. The van der Waals surface area contributed by atoms with Gasteiger partial charge < -0.3 is 0 Å². The highest BCUT2D eigenvalue weighted by Crippen LogP contribution is 2.17. The van der Waals surface area contributed by atoms with E-state index in [9.17, 15) is 0 Å². The fourth-order valence-electron chi connectivity index (χ4n) is 1.82. The Balaban J connectivity index is 2.58. The number of hydrogen-bond donors (Lipinski definition) is 0. The molecule has 14 heavy (non-hydrogen) atoms. The van der Waals surface area contributed by atoms with Gasteiger partial charge in [0.15, 0.2) is 0 Å². The lowest BCUT2D eigenvalue weighted by atomic mass is 10.1. The van der Waals surface area contributed by atoms with Crippen LogP contribution in [-0.4, -0.2) is 4.57 Å². The monoisotopic (exact) mass is 195 g/mol. The van der Waals surface area contributed by atoms with E-state index in [2.05, 4.69) is 48.6 Å². The molecule has 0 radical (unpaired) electrons. The van der Waals surface area contributed by atoms with Gasteiger partial charge in [0.25, 0.3) is 0 Å². The van der Waals surface area contributed by atoms with Crippen LogP contribution in [0.1, 0.15) is 52.5 Å². The van der Waals surface area contributed by atoms with Crippen LogP contribution in [0.15, 0.2) is 18.7 Å². The summed E-state index contributed by atoms with van der Waals surface area (Å²) in [6.07, 6.45) is 11.8. The Morgan fingerprint density at radius 2 is 2.07 bits per heavy atom. The lowest BCUT2D eigenvalue weighted by Crippen LogP contribution is -2.29. The van der Waals surface area contributed by atoms with Gasteiger partial charge in [-0.3, -0.25) is 0 Å². The minimum atomic E-state index is 0.697. The Hall–Kier alpha value is -0.790. The first-order chi connectivity index (χ1) is 6.81. The van der Waals surface area contributed by atoms with Crippen LogP contribution in [0.25, 0.3) is 0 Å². The maximum atomic E-state index is 2.36. The molecule has 1 aromatic rings. The zero-order valence-electron chi connectivity index (χ0n) is 9.74. The van der Waals surface area contributed by atoms with E-state index in [1.807, 2.05) is 0 Å². The molecule has 1 aromatic heterocycles. The smallest absolute Gasteiger partial charge is 0.237 e. The molecule has 80 valence electrons. The van der Waals surface area contributed by atoms with Crippen LogP contribution in [0.3, 0.4) is 0 Å². The van der Waals surface area contributed by atoms with Crippen LogP contribution >= 0.6 is 0 Å². The van der Waals surface area contributed by atoms with E-state index in [1.165, 1.54) is 25.7 Å². The summed E-state index contributed by atoms with van der Waals surface area (Å²) in [7, 11) is 0. The number of unbranched alkanes of at least 4 members (excludes halogenated alkanes) is 1. The third kappa shape index (κ3) is 2.86. The van der Waals surface area contributed by atoms with E-state index in [0.717, 1.165) is 6.54 Å². The van der Waals surface area contributed by atoms with Crippen LogP contribution in [0.2, 0.25) is 0 Å². The molecule has 0 aliphatic rings. The summed E-state index contributed by atoms with van der Waals surface area (Å²) >= 11 is 0. The average Bonchev–Trinajstić information content (AvgIpc) is 2.68. The van der Waals surface area contributed by atoms with Gasteiger partial charge in [-0.2, -0.15) is 0 Å². The molecule has 0 aromatic carbocycles. The first kappa shape index (κ1) is 11.3. The second kappa shape index (κ2) is 5.84. The minimum Gasteiger partial charge on any atom is -0.237 e. The molecule has 2 nitrogen and oxygen atoms in total. The predicted molar refractivity (Wildman–Crippen MR) is 59.2 cm³/mol. The summed E-state index contributed by atoms with van der Waals surface area (Å²) < 4.78 is 4.59. The van der Waals surface area contributed by atoms with Gasteiger partial charge in [-0.1, -0.05) is 20.3 Å². The van der Waals surface area contributed by atoms with Gasteiger partial charge in [-0.25, -0.2) is 9.13 Å². The van der Waals surface area contributed by atoms with Crippen molar-refractivity contribution in [1.82, 2.24) is 4.57 Å². The Kier molecular flexibility index (Phi) is 4.71. The number of aryl methyl sites for hydroxylation is 1. The van der Waals surface area contributed by atoms with Crippen LogP contribution in [0.4, 0.5) is 0 Å². The normalized spacial score (nSPS) is 13.1. The Morgan fingerprint density at radius 1 is 1.29 bits per heavy atom. The van der Waals surface area contributed by atoms with Gasteiger partial charge in [0.2, 0.25) is 6.33 Å². The standard InChI is InChI=1S/C12H23N2/c1-4-7-8-12(5-2)14-10-9-13(6-3)11-14/h9-12H,4-8H2,1-3H3/q+1. The Bertz CT molecular complexity index is 253. The highest BCUT2D eigenvalue weighted by Gasteiger charge is 2.13. The molecule has 0 amide bonds. The van der Waals surface area contributed by atoms with E-state index in [-0.39, 0.29) is 0 Å². The number of hydrogen-bond acceptors (Lipinski definition) is 0. The molecule has 0 aliphatic heterocycles. The van der Waals surface area contributed by atoms with E-state index >= 15 is 0 Å². The highest BCUT2D eigenvalue weighted by atomic mass is 15.1. The van der Waals surface area contributed by atoms with Crippen LogP contribution in [-0.2, 0) is 6.54 Å². The van der Waals surface area contributed by atoms with Crippen molar-refractivity contribution in [1.29, 1.82) is 0 Å². The molecular formula is C12H23N2+. The van der Waals surface area contributed by atoms with Crippen molar-refractivity contribution in [2.75, 3.05) is 0 Å². The van der Waals surface area contributed by atoms with Gasteiger partial charge in [-0.05, 0) is 26.2 Å². The quantitative estimate of drug-likeness (QED) is 0.617. The molecule has 0 aliphatic carbocycles. The lowest BCUT2D eigenvalue weighted by molar-refractivity contribution is -0.693. The first-order valence-corrected chi connectivity index (χ1v) is 5.88. The van der Waals surface area contributed by atoms with Crippen molar-refractivity contribution in [3.8, 4) is 0 Å². The molecule has 1 rings (SSSR count). The summed E-state index contributed by atoms with van der Waals surface area (Å²) in [4.78, 5) is 0. The van der Waals surface area contributed by atoms with Crippen LogP contribution in [0.5, 0.6) is 0 Å². The molecule has 0 N–H and O–H groups in total. The predicted octanol–water partition coefficient (Wildman–Crippen LogP) is 2.94. The molecular weight excluding hydrogens is 172 g/mol. The van der Waals surface area contributed by atoms with Crippen molar-refractivity contribution in [3.05, 3.63) is 18.7 Å². The first-order valence-electron chi connectivity index (χ1n) is 5.88. The lowest BCUT2D eigenvalue weighted by Gasteiger charge is -2.10. The van der Waals surface area contributed by atoms with Crippen molar-refractivity contribution in [2.45, 2.75) is 59.0 Å². The van der Waals surface area contributed by atoms with Gasteiger partial charge in [-0.15, -0.1) is 0 Å². The zero-order valence-corrected chi connectivity index (χ0v) is 9.74. The van der Waals surface area contributed by atoms with E-state index in [4.69, 9.17) is 0 Å². The fourth-order valence-corrected chi connectivity index (χ4v) is 1.82. The molecule has 0 saturated heterocycles. The third-order valence-electron chi connectivity index (χ3n) is 2.86. The molecule has 0 bridgehead atoms. The van der Waals surface area contributed by atoms with Gasteiger partial charge in [0, 0.05) is 0 Å². The largest absolute Gasteiger partial charge is 0.243 e. The maximum Gasteiger partial charge on any atom is 0.243 e. The molecule has 0 saturated carbocycles. The topological polar surface area (TPSA) is 8.81 Å². The van der Waals surface area contributed by atoms with E-state index < -0.39 is 0 Å². The van der Waals surface area contributed by atoms with E-state index in [0.29, 0.717) is 6.04 Å². The van der Waals surface area contributed by atoms with Crippen molar-refractivity contribution >= 4 is 0 Å². The second-order valence-electron chi connectivity index (χ2n) is 3.90. The fraction of sp³-hybridized carbons (Fsp3) is 0.750. The Labute approximate surface area is 87.6 Å². The van der Waals surface area contributed by atoms with Crippen LogP contribution < -0.4 is 4.57 Å². The van der Waals surface area contributed by atoms with Crippen molar-refractivity contribution in [3.63, 3.8) is 0 Å². The minimum absolute atomic E-state index is 0.697. The molecule has 2 heteroatoms. The number of imidazole rings is 1. The number of nitrogens with zero attached hydrogens (tertiary/aromatic N) is 2. The van der Waals surface area contributed by atoms with Crippen molar-refractivity contribution < 1.29 is 4.57 Å². The van der Waals surface area contributed by atoms with Crippen molar-refractivity contribution in [2.24, 2.45) is 0 Å². The SMILES string of the molecule is CCCCC(CC)n1cc[n+](CC)c1. The maximum absolute atomic E-state index is 2.36. The van der Waals surface area contributed by atoms with Gasteiger partial charge >= 0.3 is 0 Å². The molecule has 1 unspecified atom stereocenters. The molecule has 0 fully saturated rings. The molecule has 1 heterocycles. The Morgan fingerprint density at radius 3 is 2.57 bits per heavy atom. The summed E-state index contributed by atoms with van der Waals surface area (Å²) in [5.41, 5.74) is 0. The van der Waals surface area contributed by atoms with Gasteiger partial charge in [0.05, 0.1) is 6.54 Å². The number of rotatable bonds is 6. The van der Waals surface area contributed by atoms with E-state index in [1.54, 1.807) is 0 Å². The van der Waals surface area contributed by atoms with Gasteiger partial charge in [0.1, 0.15) is 18.4 Å². The summed E-state index contributed by atoms with van der Waals surface area (Å²) in [6, 6.07) is 0.697. The average molecular weight is 195 g/mol. The van der Waals surface area contributed by atoms with Crippen LogP contribution in [0, 0.1) is 0 Å². The number of aromatic nitrogens is 2. The summed E-state index contributed by atoms with van der Waals surface area (Å²) in [5.74, 6) is 0. The molecule has 1 atom stereocenters. The third-order valence-corrected chi connectivity index (χ3v) is 2.86. The second-order valence-corrected chi connectivity index (χ2v) is 3.90. The zero-order chi connectivity index (χ0) is 10.4. The highest BCUT2D eigenvalue weighted by molar-refractivity contribution is 4.74. The summed E-state index contributed by atoms with van der Waals surface area (Å²) in [6.45, 7) is 7.78. The summed E-state index contributed by atoms with van der Waals surface area (Å²) in [5, 5.41) is 0.